The molecule has 0 amide bonds. The van der Waals surface area contributed by atoms with Crippen molar-refractivity contribution in [3.8, 4) is 11.1 Å². The Bertz CT molecular complexity index is 1230. The molecule has 0 aromatic heterocycles. The fourth-order valence-electron chi connectivity index (χ4n) is 3.39. The van der Waals surface area contributed by atoms with Crippen molar-refractivity contribution in [2.45, 2.75) is 0 Å². The summed E-state index contributed by atoms with van der Waals surface area (Å²) in [7, 11) is 3.18. The zero-order chi connectivity index (χ0) is 23.9. The first-order valence-electron chi connectivity index (χ1n) is 10.5. The molecule has 0 fully saturated rings. The van der Waals surface area contributed by atoms with Crippen LogP contribution in [0.1, 0.15) is 11.1 Å². The normalized spacial score (nSPS) is 11.9. The maximum Gasteiger partial charge on any atom is 0.221 e. The van der Waals surface area contributed by atoms with Crippen LogP contribution < -0.4 is 0 Å². The summed E-state index contributed by atoms with van der Waals surface area (Å²) in [6, 6.07) is 30.7. The summed E-state index contributed by atoms with van der Waals surface area (Å²) >= 11 is 13.1. The number of hydrogen-bond donors (Lipinski definition) is 0. The smallest absolute Gasteiger partial charge is 0.221 e. The standard InChI is InChI=1S/C28H22Cl2N2O2/c1-33-27(19-9-5-3-6-10-19)31-25-15-13-21(17-23(25)29)22-14-16-26(24(30)18-22)32-28(34-2)20-11-7-4-8-12-20/h3-18H,1-2H3. The molecule has 4 aromatic carbocycles. The van der Waals surface area contributed by atoms with Crippen molar-refractivity contribution < 1.29 is 9.47 Å². The van der Waals surface area contributed by atoms with Crippen molar-refractivity contribution >= 4 is 46.4 Å². The maximum atomic E-state index is 6.56. The van der Waals surface area contributed by atoms with Gasteiger partial charge < -0.3 is 9.47 Å². The van der Waals surface area contributed by atoms with Gasteiger partial charge in [0.05, 0.1) is 35.6 Å². The molecule has 170 valence electrons. The summed E-state index contributed by atoms with van der Waals surface area (Å²) < 4.78 is 10.9. The van der Waals surface area contributed by atoms with E-state index in [1.165, 1.54) is 0 Å². The van der Waals surface area contributed by atoms with Crippen molar-refractivity contribution in [1.82, 2.24) is 0 Å². The molecule has 0 aliphatic rings. The lowest BCUT2D eigenvalue weighted by molar-refractivity contribution is 0.405. The summed E-state index contributed by atoms with van der Waals surface area (Å²) in [5.41, 5.74) is 4.81. The summed E-state index contributed by atoms with van der Waals surface area (Å²) in [5, 5.41) is 1.01. The molecule has 0 spiro atoms. The first-order valence-corrected chi connectivity index (χ1v) is 11.3. The zero-order valence-corrected chi connectivity index (χ0v) is 20.2. The van der Waals surface area contributed by atoms with Crippen LogP contribution in [0, 0.1) is 0 Å². The lowest BCUT2D eigenvalue weighted by Crippen LogP contribution is -2.02. The highest BCUT2D eigenvalue weighted by atomic mass is 35.5. The quantitative estimate of drug-likeness (QED) is 0.210. The van der Waals surface area contributed by atoms with E-state index in [2.05, 4.69) is 9.98 Å². The molecular formula is C28H22Cl2N2O2. The highest BCUT2D eigenvalue weighted by Gasteiger charge is 2.10. The second-order valence-electron chi connectivity index (χ2n) is 7.31. The second kappa shape index (κ2) is 11.0. The Morgan fingerprint density at radius 2 is 0.941 bits per heavy atom. The summed E-state index contributed by atoms with van der Waals surface area (Å²) in [6.07, 6.45) is 0. The van der Waals surface area contributed by atoms with Gasteiger partial charge in [0.1, 0.15) is 0 Å². The molecule has 4 rings (SSSR count). The number of halogens is 2. The third-order valence-corrected chi connectivity index (χ3v) is 5.71. The number of aliphatic imine (C=N–C) groups is 2. The number of nitrogens with zero attached hydrogens (tertiary/aromatic N) is 2. The Morgan fingerprint density at radius 3 is 1.26 bits per heavy atom. The Labute approximate surface area is 209 Å². The fraction of sp³-hybridized carbons (Fsp3) is 0.0714. The van der Waals surface area contributed by atoms with Gasteiger partial charge in [0.25, 0.3) is 0 Å². The average Bonchev–Trinajstić information content (AvgIpc) is 2.88. The van der Waals surface area contributed by atoms with Gasteiger partial charge in [0, 0.05) is 11.1 Å². The van der Waals surface area contributed by atoms with Gasteiger partial charge in [0.2, 0.25) is 11.8 Å². The maximum absolute atomic E-state index is 6.56. The molecule has 0 atom stereocenters. The van der Waals surface area contributed by atoms with E-state index in [0.717, 1.165) is 22.3 Å². The largest absolute Gasteiger partial charge is 0.481 e. The van der Waals surface area contributed by atoms with E-state index in [0.29, 0.717) is 33.2 Å². The molecule has 0 unspecified atom stereocenters. The van der Waals surface area contributed by atoms with E-state index in [4.69, 9.17) is 32.7 Å². The van der Waals surface area contributed by atoms with Crippen molar-refractivity contribution in [3.05, 3.63) is 118 Å². The van der Waals surface area contributed by atoms with Crippen LogP contribution in [0.15, 0.2) is 107 Å². The van der Waals surface area contributed by atoms with Crippen LogP contribution in [-0.2, 0) is 9.47 Å². The van der Waals surface area contributed by atoms with Crippen LogP contribution in [0.3, 0.4) is 0 Å². The predicted octanol–water partition coefficient (Wildman–Crippen LogP) is 8.11. The number of hydrogen-bond acceptors (Lipinski definition) is 4. The lowest BCUT2D eigenvalue weighted by atomic mass is 10.0. The van der Waals surface area contributed by atoms with Gasteiger partial charge in [-0.15, -0.1) is 0 Å². The Kier molecular flexibility index (Phi) is 7.63. The first kappa shape index (κ1) is 23.6. The van der Waals surface area contributed by atoms with Crippen LogP contribution in [0.5, 0.6) is 0 Å². The molecule has 0 saturated heterocycles. The fourth-order valence-corrected chi connectivity index (χ4v) is 3.84. The van der Waals surface area contributed by atoms with Crippen LogP contribution in [-0.4, -0.2) is 26.0 Å². The van der Waals surface area contributed by atoms with Gasteiger partial charge in [-0.25, -0.2) is 9.98 Å². The van der Waals surface area contributed by atoms with Crippen molar-refractivity contribution in [3.63, 3.8) is 0 Å². The van der Waals surface area contributed by atoms with Crippen LogP contribution in [0.4, 0.5) is 11.4 Å². The minimum Gasteiger partial charge on any atom is -0.481 e. The van der Waals surface area contributed by atoms with Gasteiger partial charge in [-0.1, -0.05) is 71.7 Å². The van der Waals surface area contributed by atoms with Crippen LogP contribution in [0.25, 0.3) is 11.1 Å². The van der Waals surface area contributed by atoms with Crippen molar-refractivity contribution in [2.75, 3.05) is 14.2 Å². The minimum absolute atomic E-state index is 0.493. The molecule has 4 nitrogen and oxygen atoms in total. The summed E-state index contributed by atoms with van der Waals surface area (Å²) in [4.78, 5) is 9.18. The molecule has 34 heavy (non-hydrogen) atoms. The summed E-state index contributed by atoms with van der Waals surface area (Å²) in [5.74, 6) is 0.987. The molecule has 0 saturated carbocycles. The van der Waals surface area contributed by atoms with Gasteiger partial charge in [-0.3, -0.25) is 0 Å². The summed E-state index contributed by atoms with van der Waals surface area (Å²) in [6.45, 7) is 0. The molecule has 0 N–H and O–H groups in total. The predicted molar refractivity (Wildman–Crippen MR) is 141 cm³/mol. The Morgan fingerprint density at radius 1 is 0.559 bits per heavy atom. The zero-order valence-electron chi connectivity index (χ0n) is 18.7. The minimum atomic E-state index is 0.493. The molecule has 0 radical (unpaired) electrons. The average molecular weight is 489 g/mol. The molecule has 6 heteroatoms. The van der Waals surface area contributed by atoms with Crippen LogP contribution in [0.2, 0.25) is 10.0 Å². The highest BCUT2D eigenvalue weighted by Crippen LogP contribution is 2.35. The van der Waals surface area contributed by atoms with Crippen LogP contribution >= 0.6 is 23.2 Å². The molecule has 0 heterocycles. The highest BCUT2D eigenvalue weighted by molar-refractivity contribution is 6.34. The molecule has 0 aliphatic heterocycles. The van der Waals surface area contributed by atoms with Gasteiger partial charge in [-0.05, 0) is 59.7 Å². The monoisotopic (exact) mass is 488 g/mol. The molecule has 0 bridgehead atoms. The van der Waals surface area contributed by atoms with E-state index in [1.807, 2.05) is 97.1 Å². The van der Waals surface area contributed by atoms with E-state index >= 15 is 0 Å². The Balaban J connectivity index is 1.62. The lowest BCUT2D eigenvalue weighted by Gasteiger charge is -2.09. The topological polar surface area (TPSA) is 43.2 Å². The third-order valence-electron chi connectivity index (χ3n) is 5.10. The van der Waals surface area contributed by atoms with Gasteiger partial charge >= 0.3 is 0 Å². The number of methoxy groups -OCH3 is 2. The third kappa shape index (κ3) is 5.48. The van der Waals surface area contributed by atoms with Gasteiger partial charge in [-0.2, -0.15) is 0 Å². The number of ether oxygens (including phenoxy) is 2. The molecule has 0 aliphatic carbocycles. The number of benzene rings is 4. The van der Waals surface area contributed by atoms with E-state index in [-0.39, 0.29) is 0 Å². The van der Waals surface area contributed by atoms with E-state index < -0.39 is 0 Å². The van der Waals surface area contributed by atoms with Crippen molar-refractivity contribution in [2.24, 2.45) is 9.98 Å². The molecule has 4 aromatic rings. The molecular weight excluding hydrogens is 467 g/mol. The second-order valence-corrected chi connectivity index (χ2v) is 8.12. The number of rotatable bonds is 5. The van der Waals surface area contributed by atoms with E-state index in [1.54, 1.807) is 14.2 Å². The van der Waals surface area contributed by atoms with Gasteiger partial charge in [0.15, 0.2) is 0 Å². The SMILES string of the molecule is COC(=Nc1ccc(-c2ccc(N=C(OC)c3ccccc3)c(Cl)c2)cc1Cl)c1ccccc1. The van der Waals surface area contributed by atoms with Crippen molar-refractivity contribution in [1.29, 1.82) is 0 Å². The first-order chi connectivity index (χ1) is 16.6. The van der Waals surface area contributed by atoms with E-state index in [9.17, 15) is 0 Å². The Hall–Kier alpha value is -3.60.